The summed E-state index contributed by atoms with van der Waals surface area (Å²) in [6.45, 7) is 2.04. The van der Waals surface area contributed by atoms with Gasteiger partial charge in [0, 0.05) is 17.8 Å². The minimum Gasteiger partial charge on any atom is -0.483 e. The SMILES string of the molecule is CC1(Oc2ccc(N)cc2)C=CC(Oc2ccc(N)cc2)=CC1. The minimum atomic E-state index is -0.399. The molecule has 0 aliphatic heterocycles. The van der Waals surface area contributed by atoms with Gasteiger partial charge in [-0.3, -0.25) is 0 Å². The number of ether oxygens (including phenoxy) is 2. The summed E-state index contributed by atoms with van der Waals surface area (Å²) in [4.78, 5) is 0. The smallest absolute Gasteiger partial charge is 0.128 e. The van der Waals surface area contributed by atoms with Crippen molar-refractivity contribution in [2.24, 2.45) is 0 Å². The lowest BCUT2D eigenvalue weighted by atomic mass is 9.96. The van der Waals surface area contributed by atoms with Crippen molar-refractivity contribution in [1.82, 2.24) is 0 Å². The molecule has 0 radical (unpaired) electrons. The standard InChI is InChI=1S/C19H20N2O2/c1-19(23-18-8-4-15(21)5-9-18)12-10-17(11-13-19)22-16-6-2-14(20)3-7-16/h2-12H,13,20-21H2,1H3. The number of benzene rings is 2. The van der Waals surface area contributed by atoms with Gasteiger partial charge in [0.15, 0.2) is 0 Å². The Kier molecular flexibility index (Phi) is 3.98. The first-order chi connectivity index (χ1) is 11.0. The van der Waals surface area contributed by atoms with Crippen LogP contribution in [0.3, 0.4) is 0 Å². The van der Waals surface area contributed by atoms with Crippen molar-refractivity contribution in [3.8, 4) is 11.5 Å². The first-order valence-corrected chi connectivity index (χ1v) is 7.50. The highest BCUT2D eigenvalue weighted by Crippen LogP contribution is 2.29. The maximum absolute atomic E-state index is 6.05. The fourth-order valence-corrected chi connectivity index (χ4v) is 2.33. The number of hydrogen-bond donors (Lipinski definition) is 2. The van der Waals surface area contributed by atoms with Crippen LogP contribution in [0.15, 0.2) is 72.5 Å². The number of hydrogen-bond acceptors (Lipinski definition) is 4. The summed E-state index contributed by atoms with van der Waals surface area (Å²) in [6.07, 6.45) is 6.68. The molecule has 4 heteroatoms. The van der Waals surface area contributed by atoms with E-state index in [4.69, 9.17) is 20.9 Å². The van der Waals surface area contributed by atoms with E-state index in [0.717, 1.165) is 35.1 Å². The van der Waals surface area contributed by atoms with Crippen molar-refractivity contribution >= 4 is 11.4 Å². The van der Waals surface area contributed by atoms with Gasteiger partial charge in [0.25, 0.3) is 0 Å². The third-order valence-electron chi connectivity index (χ3n) is 3.66. The van der Waals surface area contributed by atoms with Crippen molar-refractivity contribution in [2.45, 2.75) is 18.9 Å². The molecule has 2 aromatic rings. The highest BCUT2D eigenvalue weighted by molar-refractivity contribution is 5.43. The van der Waals surface area contributed by atoms with E-state index in [9.17, 15) is 0 Å². The zero-order chi connectivity index (χ0) is 16.3. The molecule has 0 saturated heterocycles. The summed E-state index contributed by atoms with van der Waals surface area (Å²) < 4.78 is 11.9. The van der Waals surface area contributed by atoms with Gasteiger partial charge in [0.05, 0.1) is 0 Å². The molecular formula is C19H20N2O2. The first kappa shape index (κ1) is 15.0. The number of rotatable bonds is 4. The molecule has 0 saturated carbocycles. The third-order valence-corrected chi connectivity index (χ3v) is 3.66. The topological polar surface area (TPSA) is 70.5 Å². The van der Waals surface area contributed by atoms with Crippen molar-refractivity contribution in [1.29, 1.82) is 0 Å². The van der Waals surface area contributed by atoms with E-state index in [0.29, 0.717) is 0 Å². The molecule has 4 N–H and O–H groups in total. The van der Waals surface area contributed by atoms with Crippen LogP contribution < -0.4 is 20.9 Å². The lowest BCUT2D eigenvalue weighted by Gasteiger charge is -2.29. The Hall–Kier alpha value is -2.88. The molecule has 4 nitrogen and oxygen atoms in total. The molecule has 0 amide bonds. The molecule has 1 aliphatic rings. The Morgan fingerprint density at radius 3 is 1.96 bits per heavy atom. The zero-order valence-corrected chi connectivity index (χ0v) is 13.0. The predicted molar refractivity (Wildman–Crippen MR) is 93.2 cm³/mol. The number of nitrogens with two attached hydrogens (primary N) is 2. The molecule has 118 valence electrons. The Balaban J connectivity index is 1.64. The van der Waals surface area contributed by atoms with Gasteiger partial charge in [0.1, 0.15) is 22.9 Å². The van der Waals surface area contributed by atoms with Crippen molar-refractivity contribution in [3.63, 3.8) is 0 Å². The summed E-state index contributed by atoms with van der Waals surface area (Å²) in [7, 11) is 0. The lowest BCUT2D eigenvalue weighted by molar-refractivity contribution is 0.140. The molecule has 1 unspecified atom stereocenters. The van der Waals surface area contributed by atoms with Crippen molar-refractivity contribution in [3.05, 3.63) is 72.5 Å². The second-order valence-corrected chi connectivity index (χ2v) is 5.80. The molecule has 0 spiro atoms. The lowest BCUT2D eigenvalue weighted by Crippen LogP contribution is -2.31. The van der Waals surface area contributed by atoms with Gasteiger partial charge in [-0.05, 0) is 73.7 Å². The van der Waals surface area contributed by atoms with Gasteiger partial charge in [-0.25, -0.2) is 0 Å². The third kappa shape index (κ3) is 3.86. The molecule has 0 bridgehead atoms. The number of anilines is 2. The number of allylic oxidation sites excluding steroid dienone is 1. The molecule has 23 heavy (non-hydrogen) atoms. The average Bonchev–Trinajstić information content (AvgIpc) is 2.54. The summed E-state index contributed by atoms with van der Waals surface area (Å²) in [5.74, 6) is 2.36. The molecule has 2 aromatic carbocycles. The van der Waals surface area contributed by atoms with Crippen LogP contribution in [-0.2, 0) is 0 Å². The van der Waals surface area contributed by atoms with E-state index in [1.165, 1.54) is 0 Å². The summed E-state index contributed by atoms with van der Waals surface area (Å²) in [6, 6.07) is 14.7. The van der Waals surface area contributed by atoms with Gasteiger partial charge in [0.2, 0.25) is 0 Å². The van der Waals surface area contributed by atoms with Crippen LogP contribution >= 0.6 is 0 Å². The molecule has 0 aromatic heterocycles. The molecule has 1 atom stereocenters. The molecule has 1 aliphatic carbocycles. The Bertz CT molecular complexity index is 733. The second-order valence-electron chi connectivity index (χ2n) is 5.80. The summed E-state index contributed by atoms with van der Waals surface area (Å²) >= 11 is 0. The fourth-order valence-electron chi connectivity index (χ4n) is 2.33. The Morgan fingerprint density at radius 1 is 0.870 bits per heavy atom. The van der Waals surface area contributed by atoms with E-state index in [1.54, 1.807) is 0 Å². The van der Waals surface area contributed by atoms with Gasteiger partial charge in [-0.1, -0.05) is 0 Å². The minimum absolute atomic E-state index is 0.399. The van der Waals surface area contributed by atoms with E-state index in [1.807, 2.05) is 73.7 Å². The van der Waals surface area contributed by atoms with Crippen LogP contribution in [0, 0.1) is 0 Å². The number of nitrogen functional groups attached to an aromatic ring is 2. The predicted octanol–water partition coefficient (Wildman–Crippen LogP) is 3.91. The highest BCUT2D eigenvalue weighted by Gasteiger charge is 2.25. The molecular weight excluding hydrogens is 288 g/mol. The van der Waals surface area contributed by atoms with Gasteiger partial charge in [-0.15, -0.1) is 0 Å². The Labute approximate surface area is 136 Å². The van der Waals surface area contributed by atoms with E-state index in [-0.39, 0.29) is 0 Å². The second kappa shape index (κ2) is 6.08. The molecule has 0 heterocycles. The fraction of sp³-hybridized carbons (Fsp3) is 0.158. The van der Waals surface area contributed by atoms with Crippen LogP contribution in [0.5, 0.6) is 11.5 Å². The Morgan fingerprint density at radius 2 is 1.43 bits per heavy atom. The molecule has 3 rings (SSSR count). The van der Waals surface area contributed by atoms with E-state index in [2.05, 4.69) is 0 Å². The van der Waals surface area contributed by atoms with Crippen molar-refractivity contribution < 1.29 is 9.47 Å². The zero-order valence-electron chi connectivity index (χ0n) is 13.0. The van der Waals surface area contributed by atoms with Gasteiger partial charge < -0.3 is 20.9 Å². The van der Waals surface area contributed by atoms with Crippen LogP contribution in [0.2, 0.25) is 0 Å². The van der Waals surface area contributed by atoms with Gasteiger partial charge >= 0.3 is 0 Å². The summed E-state index contributed by atoms with van der Waals surface area (Å²) in [5.41, 5.74) is 12.4. The van der Waals surface area contributed by atoms with Crippen LogP contribution in [0.1, 0.15) is 13.3 Å². The normalized spacial score (nSPS) is 20.0. The first-order valence-electron chi connectivity index (χ1n) is 7.50. The van der Waals surface area contributed by atoms with Gasteiger partial charge in [-0.2, -0.15) is 0 Å². The van der Waals surface area contributed by atoms with Crippen LogP contribution in [0.4, 0.5) is 11.4 Å². The summed E-state index contributed by atoms with van der Waals surface area (Å²) in [5, 5.41) is 0. The van der Waals surface area contributed by atoms with Crippen molar-refractivity contribution in [2.75, 3.05) is 11.5 Å². The highest BCUT2D eigenvalue weighted by atomic mass is 16.5. The van der Waals surface area contributed by atoms with E-state index >= 15 is 0 Å². The van der Waals surface area contributed by atoms with E-state index < -0.39 is 5.60 Å². The van der Waals surface area contributed by atoms with Crippen LogP contribution in [0.25, 0.3) is 0 Å². The monoisotopic (exact) mass is 308 g/mol. The van der Waals surface area contributed by atoms with Crippen LogP contribution in [-0.4, -0.2) is 5.60 Å². The molecule has 0 fully saturated rings. The quantitative estimate of drug-likeness (QED) is 0.840. The maximum Gasteiger partial charge on any atom is 0.128 e. The maximum atomic E-state index is 6.05. The average molecular weight is 308 g/mol. The largest absolute Gasteiger partial charge is 0.483 e.